The van der Waals surface area contributed by atoms with Crippen LogP contribution in [0, 0.1) is 24.7 Å². The highest BCUT2D eigenvalue weighted by Crippen LogP contribution is 2.52. The molecule has 2 aliphatic rings. The van der Waals surface area contributed by atoms with Gasteiger partial charge in [0, 0.05) is 6.20 Å². The summed E-state index contributed by atoms with van der Waals surface area (Å²) < 4.78 is 0. The molecule has 1 N–H and O–H groups in total. The topological polar surface area (TPSA) is 24.9 Å². The maximum atomic E-state index is 4.62. The van der Waals surface area contributed by atoms with Crippen LogP contribution in [0.4, 0.5) is 0 Å². The molecule has 1 heterocycles. The highest BCUT2D eigenvalue weighted by atomic mass is 14.9. The van der Waals surface area contributed by atoms with Crippen molar-refractivity contribution in [1.82, 2.24) is 10.3 Å². The summed E-state index contributed by atoms with van der Waals surface area (Å²) in [6.45, 7) is 2.18. The van der Waals surface area contributed by atoms with E-state index in [1.54, 1.807) is 0 Å². The minimum Gasteiger partial charge on any atom is -0.311 e. The number of rotatable bonds is 3. The molecule has 0 amide bonds. The third-order valence-corrected chi connectivity index (χ3v) is 4.88. The lowest BCUT2D eigenvalue weighted by atomic mass is 9.81. The highest BCUT2D eigenvalue weighted by molar-refractivity contribution is 5.22. The lowest BCUT2D eigenvalue weighted by Gasteiger charge is -2.30. The Morgan fingerprint density at radius 2 is 2.24 bits per heavy atom. The van der Waals surface area contributed by atoms with Crippen LogP contribution in [0.1, 0.15) is 43.0 Å². The van der Waals surface area contributed by atoms with Crippen LogP contribution >= 0.6 is 0 Å². The van der Waals surface area contributed by atoms with Gasteiger partial charge in [-0.2, -0.15) is 0 Å². The van der Waals surface area contributed by atoms with Gasteiger partial charge in [0.15, 0.2) is 0 Å². The van der Waals surface area contributed by atoms with Gasteiger partial charge >= 0.3 is 0 Å². The molecule has 92 valence electrons. The van der Waals surface area contributed by atoms with Gasteiger partial charge in [-0.25, -0.2) is 0 Å². The van der Waals surface area contributed by atoms with Gasteiger partial charge in [0.25, 0.3) is 0 Å². The summed E-state index contributed by atoms with van der Waals surface area (Å²) >= 11 is 0. The minimum absolute atomic E-state index is 0.464. The van der Waals surface area contributed by atoms with Crippen molar-refractivity contribution < 1.29 is 0 Å². The molecule has 0 aromatic carbocycles. The molecule has 2 nitrogen and oxygen atoms in total. The maximum Gasteiger partial charge on any atom is 0.0605 e. The van der Waals surface area contributed by atoms with Gasteiger partial charge in [0.05, 0.1) is 11.7 Å². The molecule has 1 aromatic heterocycles. The Kier molecular flexibility index (Phi) is 2.91. The van der Waals surface area contributed by atoms with Crippen molar-refractivity contribution in [2.75, 3.05) is 7.05 Å². The van der Waals surface area contributed by atoms with Crippen LogP contribution in [0.3, 0.4) is 0 Å². The Morgan fingerprint density at radius 3 is 2.82 bits per heavy atom. The molecule has 2 fully saturated rings. The number of aromatic nitrogens is 1. The molecular weight excluding hydrogens is 208 g/mol. The van der Waals surface area contributed by atoms with Gasteiger partial charge < -0.3 is 5.32 Å². The average Bonchev–Trinajstić information content (AvgIpc) is 2.95. The molecule has 2 aliphatic carbocycles. The van der Waals surface area contributed by atoms with Gasteiger partial charge in [0.1, 0.15) is 0 Å². The molecule has 0 spiro atoms. The van der Waals surface area contributed by atoms with Crippen LogP contribution in [0.25, 0.3) is 0 Å². The van der Waals surface area contributed by atoms with Crippen molar-refractivity contribution in [3.63, 3.8) is 0 Å². The molecule has 2 bridgehead atoms. The number of fused-ring (bicyclic) bond motifs is 2. The minimum atomic E-state index is 0.464. The molecule has 4 atom stereocenters. The molecule has 4 unspecified atom stereocenters. The van der Waals surface area contributed by atoms with E-state index in [2.05, 4.69) is 30.3 Å². The van der Waals surface area contributed by atoms with Crippen molar-refractivity contribution in [3.8, 4) is 0 Å². The summed E-state index contributed by atoms with van der Waals surface area (Å²) in [4.78, 5) is 4.62. The van der Waals surface area contributed by atoms with Crippen LogP contribution in [-0.4, -0.2) is 12.0 Å². The summed E-state index contributed by atoms with van der Waals surface area (Å²) in [5, 5.41) is 3.52. The van der Waals surface area contributed by atoms with Gasteiger partial charge in [-0.3, -0.25) is 4.98 Å². The largest absolute Gasteiger partial charge is 0.311 e. The average molecular weight is 230 g/mol. The summed E-state index contributed by atoms with van der Waals surface area (Å²) in [6, 6.07) is 4.68. The van der Waals surface area contributed by atoms with E-state index in [9.17, 15) is 0 Å². The summed E-state index contributed by atoms with van der Waals surface area (Å²) in [5.41, 5.74) is 2.60. The number of hydrogen-bond acceptors (Lipinski definition) is 2. The molecule has 3 rings (SSSR count). The Labute approximate surface area is 104 Å². The zero-order valence-corrected chi connectivity index (χ0v) is 10.8. The number of nitrogens with zero attached hydrogens (tertiary/aromatic N) is 1. The number of nitrogens with one attached hydrogen (secondary N) is 1. The highest BCUT2D eigenvalue weighted by Gasteiger charge is 2.43. The molecule has 0 saturated heterocycles. The van der Waals surface area contributed by atoms with E-state index in [1.165, 1.54) is 36.9 Å². The van der Waals surface area contributed by atoms with E-state index in [0.29, 0.717) is 6.04 Å². The Morgan fingerprint density at radius 1 is 1.35 bits per heavy atom. The van der Waals surface area contributed by atoms with Gasteiger partial charge in [-0.1, -0.05) is 12.5 Å². The van der Waals surface area contributed by atoms with Crippen LogP contribution < -0.4 is 5.32 Å². The van der Waals surface area contributed by atoms with E-state index in [1.807, 2.05) is 12.3 Å². The second-order valence-corrected chi connectivity index (χ2v) is 5.81. The van der Waals surface area contributed by atoms with Crippen molar-refractivity contribution in [2.24, 2.45) is 17.8 Å². The smallest absolute Gasteiger partial charge is 0.0605 e. The lowest BCUT2D eigenvalue weighted by molar-refractivity contribution is 0.255. The predicted octanol–water partition coefficient (Wildman–Crippen LogP) is 3.09. The standard InChI is InChI=1S/C15H22N2/c1-10-4-3-7-17-14(10)15(16-2)13-9-11-5-6-12(13)8-11/h3-4,7,11-13,15-16H,5-6,8-9H2,1-2H3. The molecule has 2 heteroatoms. The summed E-state index contributed by atoms with van der Waals surface area (Å²) in [6.07, 6.45) is 7.72. The first kappa shape index (κ1) is 11.2. The van der Waals surface area contributed by atoms with E-state index in [0.717, 1.165) is 17.8 Å². The quantitative estimate of drug-likeness (QED) is 0.863. The predicted molar refractivity (Wildman–Crippen MR) is 69.7 cm³/mol. The van der Waals surface area contributed by atoms with E-state index in [4.69, 9.17) is 0 Å². The maximum absolute atomic E-state index is 4.62. The fourth-order valence-electron chi connectivity index (χ4n) is 4.08. The number of hydrogen-bond donors (Lipinski definition) is 1. The molecule has 0 radical (unpaired) electrons. The molecule has 17 heavy (non-hydrogen) atoms. The molecule has 1 aromatic rings. The Bertz CT molecular complexity index is 402. The van der Waals surface area contributed by atoms with Crippen LogP contribution in [0.5, 0.6) is 0 Å². The first-order valence-corrected chi connectivity index (χ1v) is 6.88. The second-order valence-electron chi connectivity index (χ2n) is 5.81. The molecular formula is C15H22N2. The Hall–Kier alpha value is -0.890. The third-order valence-electron chi connectivity index (χ3n) is 4.88. The van der Waals surface area contributed by atoms with Crippen molar-refractivity contribution in [3.05, 3.63) is 29.6 Å². The van der Waals surface area contributed by atoms with E-state index in [-0.39, 0.29) is 0 Å². The SMILES string of the molecule is CNC(c1ncccc1C)C1CC2CCC1C2. The number of aryl methyl sites for hydroxylation is 1. The molecule has 0 aliphatic heterocycles. The monoisotopic (exact) mass is 230 g/mol. The lowest BCUT2D eigenvalue weighted by Crippen LogP contribution is -2.30. The van der Waals surface area contributed by atoms with Crippen LogP contribution in [-0.2, 0) is 0 Å². The first-order valence-electron chi connectivity index (χ1n) is 6.88. The summed E-state index contributed by atoms with van der Waals surface area (Å²) in [5.74, 6) is 2.76. The van der Waals surface area contributed by atoms with Gasteiger partial charge in [-0.05, 0) is 62.6 Å². The third kappa shape index (κ3) is 1.89. The van der Waals surface area contributed by atoms with Gasteiger partial charge in [-0.15, -0.1) is 0 Å². The zero-order valence-electron chi connectivity index (χ0n) is 10.8. The van der Waals surface area contributed by atoms with Crippen molar-refractivity contribution in [1.29, 1.82) is 0 Å². The first-order chi connectivity index (χ1) is 8.29. The Balaban J connectivity index is 1.87. The zero-order chi connectivity index (χ0) is 11.8. The fraction of sp³-hybridized carbons (Fsp3) is 0.667. The van der Waals surface area contributed by atoms with Crippen molar-refractivity contribution >= 4 is 0 Å². The van der Waals surface area contributed by atoms with E-state index >= 15 is 0 Å². The van der Waals surface area contributed by atoms with Gasteiger partial charge in [0.2, 0.25) is 0 Å². The van der Waals surface area contributed by atoms with Crippen molar-refractivity contribution in [2.45, 2.75) is 38.6 Å². The summed E-state index contributed by atoms with van der Waals surface area (Å²) in [7, 11) is 2.09. The van der Waals surface area contributed by atoms with Crippen LogP contribution in [0.15, 0.2) is 18.3 Å². The molecule has 2 saturated carbocycles. The van der Waals surface area contributed by atoms with Crippen LogP contribution in [0.2, 0.25) is 0 Å². The van der Waals surface area contributed by atoms with E-state index < -0.39 is 0 Å². The second kappa shape index (κ2) is 4.41. The number of pyridine rings is 1. The normalized spacial score (nSPS) is 32.9. The fourth-order valence-corrected chi connectivity index (χ4v) is 4.08.